The molecular weight excluding hydrogens is 196 g/mol. The average Bonchev–Trinajstić information content (AvgIpc) is 2.20. The molecule has 1 fully saturated rings. The molecular formula is C15H24O. The molecule has 0 spiro atoms. The fourth-order valence-electron chi connectivity index (χ4n) is 3.49. The van der Waals surface area contributed by atoms with E-state index < -0.39 is 0 Å². The van der Waals surface area contributed by atoms with E-state index in [1.54, 1.807) is 0 Å². The third kappa shape index (κ3) is 1.74. The lowest BCUT2D eigenvalue weighted by Crippen LogP contribution is -2.40. The Kier molecular flexibility index (Phi) is 2.98. The van der Waals surface area contributed by atoms with E-state index in [9.17, 15) is 4.79 Å². The second-order valence-electron chi connectivity index (χ2n) is 6.34. The van der Waals surface area contributed by atoms with Crippen molar-refractivity contribution in [3.8, 4) is 0 Å². The van der Waals surface area contributed by atoms with Crippen molar-refractivity contribution in [2.45, 2.75) is 53.4 Å². The topological polar surface area (TPSA) is 17.1 Å². The van der Waals surface area contributed by atoms with Gasteiger partial charge in [-0.1, -0.05) is 33.3 Å². The summed E-state index contributed by atoms with van der Waals surface area (Å²) < 4.78 is 0. The van der Waals surface area contributed by atoms with E-state index in [0.29, 0.717) is 17.1 Å². The molecule has 0 saturated heterocycles. The first kappa shape index (κ1) is 11.9. The quantitative estimate of drug-likeness (QED) is 0.653. The van der Waals surface area contributed by atoms with Gasteiger partial charge in [0, 0.05) is 5.92 Å². The van der Waals surface area contributed by atoms with E-state index in [4.69, 9.17) is 0 Å². The van der Waals surface area contributed by atoms with Crippen LogP contribution in [-0.4, -0.2) is 5.78 Å². The molecule has 2 rings (SSSR count). The molecule has 1 heteroatoms. The van der Waals surface area contributed by atoms with E-state index in [2.05, 4.69) is 27.7 Å². The number of rotatable bonds is 1. The number of carbonyl (C=O) groups is 1. The van der Waals surface area contributed by atoms with Crippen LogP contribution < -0.4 is 0 Å². The van der Waals surface area contributed by atoms with Crippen LogP contribution in [0.25, 0.3) is 0 Å². The fraction of sp³-hybridized carbons (Fsp3) is 0.800. The van der Waals surface area contributed by atoms with E-state index in [1.807, 2.05) is 6.08 Å². The highest BCUT2D eigenvalue weighted by molar-refractivity contribution is 5.94. The number of hydrogen-bond donors (Lipinski definition) is 0. The molecule has 0 N–H and O–H groups in total. The van der Waals surface area contributed by atoms with E-state index in [1.165, 1.54) is 18.4 Å². The molecule has 0 aromatic carbocycles. The SMILES string of the molecule is CC(C)[C@@H]1C[C@@]2(C)C(=CC1=O)CCC[C@@H]2C. The summed E-state index contributed by atoms with van der Waals surface area (Å²) in [6.45, 7) is 9.10. The van der Waals surface area contributed by atoms with E-state index in [0.717, 1.165) is 18.8 Å². The first-order valence-electron chi connectivity index (χ1n) is 6.70. The van der Waals surface area contributed by atoms with Gasteiger partial charge in [-0.2, -0.15) is 0 Å². The number of carbonyl (C=O) groups excluding carboxylic acids is 1. The van der Waals surface area contributed by atoms with E-state index in [-0.39, 0.29) is 5.92 Å². The minimum atomic E-state index is 0.259. The third-order valence-corrected chi connectivity index (χ3v) is 5.04. The van der Waals surface area contributed by atoms with Crippen molar-refractivity contribution in [2.75, 3.05) is 0 Å². The minimum absolute atomic E-state index is 0.259. The lowest BCUT2D eigenvalue weighted by atomic mass is 9.57. The molecule has 0 radical (unpaired) electrons. The van der Waals surface area contributed by atoms with Crippen LogP contribution in [-0.2, 0) is 4.79 Å². The minimum Gasteiger partial charge on any atom is -0.295 e. The van der Waals surface area contributed by atoms with Gasteiger partial charge in [-0.3, -0.25) is 4.79 Å². The van der Waals surface area contributed by atoms with Gasteiger partial charge in [0.05, 0.1) is 0 Å². The van der Waals surface area contributed by atoms with Gasteiger partial charge in [0.25, 0.3) is 0 Å². The maximum absolute atomic E-state index is 12.1. The average molecular weight is 220 g/mol. The van der Waals surface area contributed by atoms with Gasteiger partial charge < -0.3 is 0 Å². The fourth-order valence-corrected chi connectivity index (χ4v) is 3.49. The van der Waals surface area contributed by atoms with Gasteiger partial charge in [-0.05, 0) is 49.0 Å². The number of ketones is 1. The molecule has 0 heterocycles. The molecule has 2 aliphatic carbocycles. The van der Waals surface area contributed by atoms with Crippen LogP contribution in [0.5, 0.6) is 0 Å². The van der Waals surface area contributed by atoms with Crippen molar-refractivity contribution >= 4 is 5.78 Å². The Labute approximate surface area is 99.3 Å². The van der Waals surface area contributed by atoms with Crippen LogP contribution in [0.15, 0.2) is 11.6 Å². The van der Waals surface area contributed by atoms with Gasteiger partial charge in [0.1, 0.15) is 0 Å². The van der Waals surface area contributed by atoms with Crippen molar-refractivity contribution in [1.29, 1.82) is 0 Å². The maximum Gasteiger partial charge on any atom is 0.159 e. The van der Waals surface area contributed by atoms with Crippen molar-refractivity contribution in [1.82, 2.24) is 0 Å². The standard InChI is InChI=1S/C15H24O/c1-10(2)13-9-15(4)11(3)6-5-7-12(15)8-14(13)16/h8,10-11,13H,5-7,9H2,1-4H3/t11-,13-,15+/m0/s1. The summed E-state index contributed by atoms with van der Waals surface area (Å²) in [5, 5.41) is 0. The molecule has 3 atom stereocenters. The molecule has 0 aliphatic heterocycles. The molecule has 0 aromatic rings. The van der Waals surface area contributed by atoms with Crippen molar-refractivity contribution < 1.29 is 4.79 Å². The smallest absolute Gasteiger partial charge is 0.159 e. The van der Waals surface area contributed by atoms with Gasteiger partial charge in [-0.25, -0.2) is 0 Å². The normalized spacial score (nSPS) is 39.6. The third-order valence-electron chi connectivity index (χ3n) is 5.04. The first-order chi connectivity index (χ1) is 7.45. The Morgan fingerprint density at radius 2 is 2.12 bits per heavy atom. The Hall–Kier alpha value is -0.590. The zero-order valence-corrected chi connectivity index (χ0v) is 11.0. The van der Waals surface area contributed by atoms with Crippen LogP contribution in [0, 0.1) is 23.2 Å². The van der Waals surface area contributed by atoms with Crippen LogP contribution in [0.2, 0.25) is 0 Å². The second kappa shape index (κ2) is 4.01. The van der Waals surface area contributed by atoms with Gasteiger partial charge >= 0.3 is 0 Å². The zero-order chi connectivity index (χ0) is 11.9. The zero-order valence-electron chi connectivity index (χ0n) is 11.0. The molecule has 2 aliphatic rings. The molecule has 0 aromatic heterocycles. The van der Waals surface area contributed by atoms with Crippen LogP contribution in [0.4, 0.5) is 0 Å². The summed E-state index contributed by atoms with van der Waals surface area (Å²) in [4.78, 5) is 12.1. The Morgan fingerprint density at radius 1 is 1.44 bits per heavy atom. The molecule has 0 unspecified atom stereocenters. The number of allylic oxidation sites excluding steroid dienone is 2. The summed E-state index contributed by atoms with van der Waals surface area (Å²) >= 11 is 0. The Morgan fingerprint density at radius 3 is 2.75 bits per heavy atom. The second-order valence-corrected chi connectivity index (χ2v) is 6.34. The molecule has 90 valence electrons. The summed E-state index contributed by atoms with van der Waals surface area (Å²) in [6, 6.07) is 0. The maximum atomic E-state index is 12.1. The number of hydrogen-bond acceptors (Lipinski definition) is 1. The van der Waals surface area contributed by atoms with Crippen molar-refractivity contribution in [3.05, 3.63) is 11.6 Å². The van der Waals surface area contributed by atoms with Crippen LogP contribution >= 0.6 is 0 Å². The highest BCUT2D eigenvalue weighted by Gasteiger charge is 2.44. The molecule has 1 saturated carbocycles. The molecule has 0 amide bonds. The molecule has 16 heavy (non-hydrogen) atoms. The predicted octanol–water partition coefficient (Wildman–Crippen LogP) is 3.98. The monoisotopic (exact) mass is 220 g/mol. The summed E-state index contributed by atoms with van der Waals surface area (Å²) in [6.07, 6.45) is 6.81. The summed E-state index contributed by atoms with van der Waals surface area (Å²) in [5.41, 5.74) is 1.74. The van der Waals surface area contributed by atoms with Crippen LogP contribution in [0.1, 0.15) is 53.4 Å². The van der Waals surface area contributed by atoms with Crippen LogP contribution in [0.3, 0.4) is 0 Å². The van der Waals surface area contributed by atoms with Gasteiger partial charge in [0.2, 0.25) is 0 Å². The highest BCUT2D eigenvalue weighted by atomic mass is 16.1. The van der Waals surface area contributed by atoms with E-state index >= 15 is 0 Å². The Balaban J connectivity index is 2.34. The lowest BCUT2D eigenvalue weighted by molar-refractivity contribution is -0.122. The largest absolute Gasteiger partial charge is 0.295 e. The first-order valence-corrected chi connectivity index (χ1v) is 6.70. The Bertz CT molecular complexity index is 326. The van der Waals surface area contributed by atoms with Crippen molar-refractivity contribution in [3.63, 3.8) is 0 Å². The molecule has 1 nitrogen and oxygen atoms in total. The summed E-state index contributed by atoms with van der Waals surface area (Å²) in [7, 11) is 0. The van der Waals surface area contributed by atoms with Crippen molar-refractivity contribution in [2.24, 2.45) is 23.2 Å². The highest BCUT2D eigenvalue weighted by Crippen LogP contribution is 2.52. The van der Waals surface area contributed by atoms with Gasteiger partial charge in [-0.15, -0.1) is 0 Å². The summed E-state index contributed by atoms with van der Waals surface area (Å²) in [5.74, 6) is 1.86. The molecule has 0 bridgehead atoms. The number of fused-ring (bicyclic) bond motifs is 1. The lowest BCUT2D eigenvalue weighted by Gasteiger charge is -2.47. The predicted molar refractivity (Wildman–Crippen MR) is 67.2 cm³/mol. The van der Waals surface area contributed by atoms with Gasteiger partial charge in [0.15, 0.2) is 5.78 Å².